The third kappa shape index (κ3) is 4.30. The summed E-state index contributed by atoms with van der Waals surface area (Å²) in [6.07, 6.45) is 1.13. The van der Waals surface area contributed by atoms with Gasteiger partial charge in [-0.3, -0.25) is 9.78 Å². The molecule has 0 bridgehead atoms. The number of aromatic nitrogens is 1. The van der Waals surface area contributed by atoms with Crippen LogP contribution in [0.2, 0.25) is 5.02 Å². The highest BCUT2D eigenvalue weighted by molar-refractivity contribution is 6.30. The van der Waals surface area contributed by atoms with Gasteiger partial charge in [0.05, 0.1) is 11.4 Å². The minimum Gasteiger partial charge on any atom is -0.324 e. The van der Waals surface area contributed by atoms with Crippen molar-refractivity contribution in [3.63, 3.8) is 0 Å². The van der Waals surface area contributed by atoms with Crippen LogP contribution in [0.1, 0.15) is 28.9 Å². The second-order valence-electron chi connectivity index (χ2n) is 5.22. The van der Waals surface area contributed by atoms with E-state index in [1.807, 2.05) is 51.1 Å². The number of aryl methyl sites for hydroxylation is 4. The summed E-state index contributed by atoms with van der Waals surface area (Å²) in [5, 5.41) is 3.67. The standard InChI is InChI=1S/C17H19ClN2O/c1-11-10-12(2)19-13(3)17(11)20-16(21)9-6-14-4-7-15(18)8-5-14/h4-5,7-8,10H,6,9H2,1-3H3,(H,20,21). The smallest absolute Gasteiger partial charge is 0.224 e. The number of hydrogen-bond donors (Lipinski definition) is 1. The summed E-state index contributed by atoms with van der Waals surface area (Å²) in [6.45, 7) is 5.84. The monoisotopic (exact) mass is 302 g/mol. The Hall–Kier alpha value is -1.87. The number of nitrogens with zero attached hydrogens (tertiary/aromatic N) is 1. The highest BCUT2D eigenvalue weighted by atomic mass is 35.5. The largest absolute Gasteiger partial charge is 0.324 e. The van der Waals surface area contributed by atoms with Crippen LogP contribution < -0.4 is 5.32 Å². The zero-order chi connectivity index (χ0) is 15.4. The first-order chi connectivity index (χ1) is 9.95. The lowest BCUT2D eigenvalue weighted by Gasteiger charge is -2.12. The highest BCUT2D eigenvalue weighted by Crippen LogP contribution is 2.19. The van der Waals surface area contributed by atoms with Crippen molar-refractivity contribution < 1.29 is 4.79 Å². The number of halogens is 1. The molecule has 2 rings (SSSR count). The summed E-state index contributed by atoms with van der Waals surface area (Å²) < 4.78 is 0. The van der Waals surface area contributed by atoms with Gasteiger partial charge in [-0.2, -0.15) is 0 Å². The van der Waals surface area contributed by atoms with Crippen LogP contribution in [0.4, 0.5) is 5.69 Å². The highest BCUT2D eigenvalue weighted by Gasteiger charge is 2.09. The molecule has 0 aliphatic heterocycles. The number of hydrogen-bond acceptors (Lipinski definition) is 2. The van der Waals surface area contributed by atoms with Crippen LogP contribution in [-0.2, 0) is 11.2 Å². The summed E-state index contributed by atoms with van der Waals surface area (Å²) in [5.74, 6) is 0.00167. The SMILES string of the molecule is Cc1cc(C)c(NC(=O)CCc2ccc(Cl)cc2)c(C)n1. The Morgan fingerprint density at radius 2 is 1.86 bits per heavy atom. The molecule has 0 spiro atoms. The molecule has 21 heavy (non-hydrogen) atoms. The molecule has 1 heterocycles. The minimum absolute atomic E-state index is 0.00167. The molecule has 1 N–H and O–H groups in total. The van der Waals surface area contributed by atoms with Crippen molar-refractivity contribution in [2.24, 2.45) is 0 Å². The molecule has 1 amide bonds. The fourth-order valence-corrected chi connectivity index (χ4v) is 2.45. The topological polar surface area (TPSA) is 42.0 Å². The van der Waals surface area contributed by atoms with Gasteiger partial charge in [-0.05, 0) is 56.5 Å². The van der Waals surface area contributed by atoms with E-state index in [1.54, 1.807) is 0 Å². The van der Waals surface area contributed by atoms with Crippen molar-refractivity contribution in [3.8, 4) is 0 Å². The second kappa shape index (κ2) is 6.72. The number of pyridine rings is 1. The summed E-state index contributed by atoms with van der Waals surface area (Å²) >= 11 is 5.84. The number of anilines is 1. The Labute approximate surface area is 130 Å². The summed E-state index contributed by atoms with van der Waals surface area (Å²) in [7, 11) is 0. The maximum Gasteiger partial charge on any atom is 0.224 e. The number of benzene rings is 1. The molecule has 3 nitrogen and oxygen atoms in total. The molecule has 0 radical (unpaired) electrons. The molecule has 0 saturated carbocycles. The Kier molecular flexibility index (Phi) is 4.97. The van der Waals surface area contributed by atoms with Crippen molar-refractivity contribution in [1.82, 2.24) is 4.98 Å². The summed E-state index contributed by atoms with van der Waals surface area (Å²) in [5.41, 5.74) is 4.78. The molecular weight excluding hydrogens is 284 g/mol. The van der Waals surface area contributed by atoms with E-state index < -0.39 is 0 Å². The van der Waals surface area contributed by atoms with Crippen LogP contribution in [0.5, 0.6) is 0 Å². The Bertz CT molecular complexity index is 627. The Morgan fingerprint density at radius 3 is 2.48 bits per heavy atom. The van der Waals surface area contributed by atoms with Crippen molar-refractivity contribution in [2.75, 3.05) is 5.32 Å². The van der Waals surface area contributed by atoms with E-state index in [2.05, 4.69) is 10.3 Å². The lowest BCUT2D eigenvalue weighted by Crippen LogP contribution is -2.15. The lowest BCUT2D eigenvalue weighted by atomic mass is 10.1. The van der Waals surface area contributed by atoms with E-state index in [-0.39, 0.29) is 5.91 Å². The van der Waals surface area contributed by atoms with Crippen LogP contribution in [0.15, 0.2) is 30.3 Å². The number of carbonyl (C=O) groups is 1. The second-order valence-corrected chi connectivity index (χ2v) is 5.65. The van der Waals surface area contributed by atoms with Gasteiger partial charge in [0.25, 0.3) is 0 Å². The average Bonchev–Trinajstić information content (AvgIpc) is 2.42. The van der Waals surface area contributed by atoms with Crippen molar-refractivity contribution in [2.45, 2.75) is 33.6 Å². The quantitative estimate of drug-likeness (QED) is 0.918. The van der Waals surface area contributed by atoms with Gasteiger partial charge in [0.2, 0.25) is 5.91 Å². The van der Waals surface area contributed by atoms with E-state index in [0.29, 0.717) is 17.9 Å². The van der Waals surface area contributed by atoms with Gasteiger partial charge in [0.15, 0.2) is 0 Å². The first-order valence-corrected chi connectivity index (χ1v) is 7.32. The van der Waals surface area contributed by atoms with E-state index >= 15 is 0 Å². The molecule has 0 aliphatic carbocycles. The third-order valence-electron chi connectivity index (χ3n) is 3.34. The molecule has 110 valence electrons. The molecule has 0 aliphatic rings. The fourth-order valence-electron chi connectivity index (χ4n) is 2.32. The molecule has 0 unspecified atom stereocenters. The van der Waals surface area contributed by atoms with Crippen molar-refractivity contribution in [1.29, 1.82) is 0 Å². The molecule has 0 fully saturated rings. The molecule has 0 saturated heterocycles. The van der Waals surface area contributed by atoms with Gasteiger partial charge in [-0.25, -0.2) is 0 Å². The van der Waals surface area contributed by atoms with Gasteiger partial charge >= 0.3 is 0 Å². The number of amides is 1. The number of nitrogens with one attached hydrogen (secondary N) is 1. The van der Waals surface area contributed by atoms with Crippen molar-refractivity contribution >= 4 is 23.2 Å². The van der Waals surface area contributed by atoms with E-state index in [9.17, 15) is 4.79 Å². The normalized spacial score (nSPS) is 10.5. The van der Waals surface area contributed by atoms with Crippen LogP contribution >= 0.6 is 11.6 Å². The van der Waals surface area contributed by atoms with Crippen molar-refractivity contribution in [3.05, 3.63) is 57.9 Å². The zero-order valence-corrected chi connectivity index (χ0v) is 13.3. The lowest BCUT2D eigenvalue weighted by molar-refractivity contribution is -0.116. The van der Waals surface area contributed by atoms with E-state index in [0.717, 1.165) is 28.2 Å². The van der Waals surface area contributed by atoms with Crippen LogP contribution in [0.25, 0.3) is 0 Å². The average molecular weight is 303 g/mol. The molecule has 0 atom stereocenters. The van der Waals surface area contributed by atoms with Gasteiger partial charge in [0, 0.05) is 17.1 Å². The van der Waals surface area contributed by atoms with E-state index in [4.69, 9.17) is 11.6 Å². The molecular formula is C17H19ClN2O. The van der Waals surface area contributed by atoms with E-state index in [1.165, 1.54) is 0 Å². The number of carbonyl (C=O) groups excluding carboxylic acids is 1. The number of rotatable bonds is 4. The van der Waals surface area contributed by atoms with Gasteiger partial charge in [-0.15, -0.1) is 0 Å². The molecule has 1 aromatic heterocycles. The van der Waals surface area contributed by atoms with Crippen LogP contribution in [0, 0.1) is 20.8 Å². The first-order valence-electron chi connectivity index (χ1n) is 6.95. The summed E-state index contributed by atoms with van der Waals surface area (Å²) in [6, 6.07) is 9.54. The third-order valence-corrected chi connectivity index (χ3v) is 3.60. The zero-order valence-electron chi connectivity index (χ0n) is 12.5. The molecule has 2 aromatic rings. The fraction of sp³-hybridized carbons (Fsp3) is 0.294. The Balaban J connectivity index is 1.97. The first kappa shape index (κ1) is 15.5. The minimum atomic E-state index is 0.00167. The predicted molar refractivity (Wildman–Crippen MR) is 86.9 cm³/mol. The summed E-state index contributed by atoms with van der Waals surface area (Å²) in [4.78, 5) is 16.5. The predicted octanol–water partition coefficient (Wildman–Crippen LogP) is 4.23. The van der Waals surface area contributed by atoms with Gasteiger partial charge < -0.3 is 5.32 Å². The maximum absolute atomic E-state index is 12.1. The maximum atomic E-state index is 12.1. The van der Waals surface area contributed by atoms with Gasteiger partial charge in [-0.1, -0.05) is 23.7 Å². The van der Waals surface area contributed by atoms with Gasteiger partial charge in [0.1, 0.15) is 0 Å². The molecule has 4 heteroatoms. The van der Waals surface area contributed by atoms with Crippen LogP contribution in [-0.4, -0.2) is 10.9 Å². The molecule has 1 aromatic carbocycles. The Morgan fingerprint density at radius 1 is 1.19 bits per heavy atom. The van der Waals surface area contributed by atoms with Crippen LogP contribution in [0.3, 0.4) is 0 Å².